The SMILES string of the molecule is Cc1cc(B2OC(C)(C)C(C)(C)O2)c(C)c2c1CC(C)/C2=C1\c2c(C)c(B3OC(C)(C)C(C)(C)O3)cc(C)c2CC1C. The van der Waals surface area contributed by atoms with E-state index < -0.39 is 0 Å². The molecule has 42 heavy (non-hydrogen) atoms. The third kappa shape index (κ3) is 4.19. The molecule has 2 aliphatic carbocycles. The summed E-state index contributed by atoms with van der Waals surface area (Å²) < 4.78 is 26.3. The minimum Gasteiger partial charge on any atom is -0.399 e. The van der Waals surface area contributed by atoms with Crippen molar-refractivity contribution in [3.8, 4) is 0 Å². The van der Waals surface area contributed by atoms with Crippen molar-refractivity contribution in [1.82, 2.24) is 0 Å². The van der Waals surface area contributed by atoms with Crippen molar-refractivity contribution < 1.29 is 18.6 Å². The second kappa shape index (κ2) is 9.33. The summed E-state index contributed by atoms with van der Waals surface area (Å²) in [5, 5.41) is 0. The van der Waals surface area contributed by atoms with Crippen molar-refractivity contribution in [1.29, 1.82) is 0 Å². The van der Waals surface area contributed by atoms with Crippen LogP contribution in [-0.4, -0.2) is 36.6 Å². The predicted octanol–water partition coefficient (Wildman–Crippen LogP) is 6.81. The van der Waals surface area contributed by atoms with Gasteiger partial charge in [-0.15, -0.1) is 0 Å². The second-order valence-corrected chi connectivity index (χ2v) is 15.7. The molecule has 6 rings (SSSR count). The highest BCUT2D eigenvalue weighted by Crippen LogP contribution is 2.52. The van der Waals surface area contributed by atoms with Gasteiger partial charge in [-0.2, -0.15) is 0 Å². The van der Waals surface area contributed by atoms with Gasteiger partial charge < -0.3 is 18.6 Å². The first-order valence-electron chi connectivity index (χ1n) is 16.0. The first-order chi connectivity index (χ1) is 19.3. The first-order valence-corrected chi connectivity index (χ1v) is 16.0. The lowest BCUT2D eigenvalue weighted by atomic mass is 9.71. The first kappa shape index (κ1) is 30.2. The molecule has 0 bridgehead atoms. The van der Waals surface area contributed by atoms with Crippen molar-refractivity contribution in [2.24, 2.45) is 11.8 Å². The van der Waals surface area contributed by atoms with Gasteiger partial charge >= 0.3 is 14.2 Å². The molecule has 2 heterocycles. The molecule has 0 radical (unpaired) electrons. The molecule has 2 fully saturated rings. The largest absolute Gasteiger partial charge is 0.495 e. The Morgan fingerprint density at radius 3 is 1.12 bits per heavy atom. The van der Waals surface area contributed by atoms with Gasteiger partial charge in [-0.05, 0) is 174 Å². The quantitative estimate of drug-likeness (QED) is 0.373. The molecule has 2 aliphatic heterocycles. The fourth-order valence-electron chi connectivity index (χ4n) is 7.79. The van der Waals surface area contributed by atoms with Gasteiger partial charge in [0.05, 0.1) is 22.4 Å². The highest BCUT2D eigenvalue weighted by atomic mass is 16.7. The van der Waals surface area contributed by atoms with Gasteiger partial charge in [0.2, 0.25) is 0 Å². The molecule has 2 atom stereocenters. The van der Waals surface area contributed by atoms with Gasteiger partial charge in [0.15, 0.2) is 0 Å². The van der Waals surface area contributed by atoms with E-state index in [0.29, 0.717) is 11.8 Å². The van der Waals surface area contributed by atoms with Crippen LogP contribution >= 0.6 is 0 Å². The van der Waals surface area contributed by atoms with Crippen LogP contribution in [0.5, 0.6) is 0 Å². The van der Waals surface area contributed by atoms with E-state index in [1.54, 1.807) is 0 Å². The number of rotatable bonds is 2. The van der Waals surface area contributed by atoms with Crippen LogP contribution in [0.1, 0.15) is 114 Å². The fraction of sp³-hybridized carbons (Fsp3) is 0.611. The van der Waals surface area contributed by atoms with E-state index in [9.17, 15) is 0 Å². The predicted molar refractivity (Wildman–Crippen MR) is 176 cm³/mol. The number of hydrogen-bond donors (Lipinski definition) is 0. The number of allylic oxidation sites excluding steroid dienone is 2. The number of aryl methyl sites for hydroxylation is 2. The van der Waals surface area contributed by atoms with Gasteiger partial charge in [-0.25, -0.2) is 0 Å². The highest BCUT2D eigenvalue weighted by molar-refractivity contribution is 6.63. The molecule has 0 aromatic heterocycles. The Kier molecular flexibility index (Phi) is 6.71. The van der Waals surface area contributed by atoms with E-state index in [4.69, 9.17) is 18.6 Å². The van der Waals surface area contributed by atoms with Crippen LogP contribution in [0.25, 0.3) is 11.1 Å². The zero-order chi connectivity index (χ0) is 30.9. The van der Waals surface area contributed by atoms with Gasteiger partial charge in [0, 0.05) is 0 Å². The molecule has 4 aliphatic rings. The minimum absolute atomic E-state index is 0.367. The minimum atomic E-state index is -0.372. The Balaban J connectivity index is 1.54. The summed E-state index contributed by atoms with van der Waals surface area (Å²) in [5.74, 6) is 0.879. The molecule has 2 saturated heterocycles. The zero-order valence-electron chi connectivity index (χ0n) is 28.5. The van der Waals surface area contributed by atoms with Crippen LogP contribution in [0.15, 0.2) is 12.1 Å². The van der Waals surface area contributed by atoms with Gasteiger partial charge in [0.1, 0.15) is 0 Å². The van der Waals surface area contributed by atoms with Crippen LogP contribution in [0.2, 0.25) is 0 Å². The molecular weight excluding hydrogens is 518 g/mol. The van der Waals surface area contributed by atoms with Crippen LogP contribution in [-0.2, 0) is 31.5 Å². The van der Waals surface area contributed by atoms with Gasteiger partial charge in [0.25, 0.3) is 0 Å². The van der Waals surface area contributed by atoms with Crippen molar-refractivity contribution in [3.63, 3.8) is 0 Å². The van der Waals surface area contributed by atoms with Crippen LogP contribution < -0.4 is 10.9 Å². The zero-order valence-corrected chi connectivity index (χ0v) is 28.5. The smallest absolute Gasteiger partial charge is 0.399 e. The molecule has 224 valence electrons. The van der Waals surface area contributed by atoms with Crippen molar-refractivity contribution >= 4 is 36.3 Å². The number of benzene rings is 2. The molecule has 2 unspecified atom stereocenters. The van der Waals surface area contributed by atoms with Crippen molar-refractivity contribution in [3.05, 3.63) is 56.6 Å². The third-order valence-electron chi connectivity index (χ3n) is 11.8. The highest BCUT2D eigenvalue weighted by Gasteiger charge is 2.54. The van der Waals surface area contributed by atoms with E-state index in [-0.39, 0.29) is 36.6 Å². The summed E-state index contributed by atoms with van der Waals surface area (Å²) >= 11 is 0. The average molecular weight is 568 g/mol. The summed E-state index contributed by atoms with van der Waals surface area (Å²) in [6, 6.07) is 4.66. The second-order valence-electron chi connectivity index (χ2n) is 15.7. The van der Waals surface area contributed by atoms with E-state index in [1.165, 1.54) is 66.6 Å². The molecule has 0 N–H and O–H groups in total. The van der Waals surface area contributed by atoms with E-state index in [0.717, 1.165) is 12.8 Å². The van der Waals surface area contributed by atoms with Crippen molar-refractivity contribution in [2.75, 3.05) is 0 Å². The number of fused-ring (bicyclic) bond motifs is 2. The maximum Gasteiger partial charge on any atom is 0.495 e. The monoisotopic (exact) mass is 568 g/mol. The van der Waals surface area contributed by atoms with Crippen molar-refractivity contribution in [2.45, 2.75) is 132 Å². The van der Waals surface area contributed by atoms with E-state index in [1.807, 2.05) is 0 Å². The maximum absolute atomic E-state index is 6.59. The Morgan fingerprint density at radius 2 is 0.833 bits per heavy atom. The Morgan fingerprint density at radius 1 is 0.548 bits per heavy atom. The normalized spacial score (nSPS) is 28.5. The van der Waals surface area contributed by atoms with Gasteiger partial charge in [-0.1, -0.05) is 26.0 Å². The van der Waals surface area contributed by atoms with E-state index >= 15 is 0 Å². The van der Waals surface area contributed by atoms with Crippen LogP contribution in [0, 0.1) is 39.5 Å². The molecule has 0 saturated carbocycles. The molecular formula is C36H50B2O4. The lowest BCUT2D eigenvalue weighted by molar-refractivity contribution is 0.00578. The topological polar surface area (TPSA) is 36.9 Å². The molecule has 2 aromatic carbocycles. The van der Waals surface area contributed by atoms with E-state index in [2.05, 4.69) is 109 Å². The maximum atomic E-state index is 6.59. The molecule has 0 amide bonds. The number of hydrogen-bond acceptors (Lipinski definition) is 4. The summed E-state index contributed by atoms with van der Waals surface area (Å²) in [5.41, 5.74) is 15.0. The molecule has 4 nitrogen and oxygen atoms in total. The molecule has 0 spiro atoms. The molecule has 2 aromatic rings. The lowest BCUT2D eigenvalue weighted by Gasteiger charge is -2.32. The lowest BCUT2D eigenvalue weighted by Crippen LogP contribution is -2.41. The summed E-state index contributed by atoms with van der Waals surface area (Å²) in [6.45, 7) is 31.0. The summed E-state index contributed by atoms with van der Waals surface area (Å²) in [4.78, 5) is 0. The fourth-order valence-corrected chi connectivity index (χ4v) is 7.79. The molecule has 6 heteroatoms. The van der Waals surface area contributed by atoms with Crippen LogP contribution in [0.3, 0.4) is 0 Å². The Bertz CT molecular complexity index is 1380. The van der Waals surface area contributed by atoms with Gasteiger partial charge in [-0.3, -0.25) is 0 Å². The Labute approximate surface area is 255 Å². The Hall–Kier alpha value is -1.85. The van der Waals surface area contributed by atoms with Crippen LogP contribution in [0.4, 0.5) is 0 Å². The standard InChI is InChI=1S/C36H50B2O4/c1-19-17-27(37-39-33(7,8)34(9,10)40-37)23(5)31-25(19)15-21(3)29(31)30-22(4)16-26-20(2)18-28(24(6)32(26)30)38-41-35(11,12)36(13,14)42-38/h17-18,21-22H,15-16H2,1-14H3/b30-29+. The third-order valence-corrected chi connectivity index (χ3v) is 11.8. The summed E-state index contributed by atoms with van der Waals surface area (Å²) in [6.07, 6.45) is 2.14. The average Bonchev–Trinajstić information content (AvgIpc) is 3.51. The summed E-state index contributed by atoms with van der Waals surface area (Å²) in [7, 11) is -0.734.